The Bertz CT molecular complexity index is 710. The lowest BCUT2D eigenvalue weighted by atomic mass is 10.2. The number of hydrogen-bond donors (Lipinski definition) is 3. The van der Waals surface area contributed by atoms with Crippen LogP contribution >= 0.6 is 0 Å². The Kier molecular flexibility index (Phi) is 5.62. The van der Waals surface area contributed by atoms with E-state index in [-0.39, 0.29) is 12.3 Å². The molecule has 0 fully saturated rings. The summed E-state index contributed by atoms with van der Waals surface area (Å²) in [5.74, 6) is 1.34. The van der Waals surface area contributed by atoms with Gasteiger partial charge in [-0.3, -0.25) is 10.1 Å². The van der Waals surface area contributed by atoms with Crippen LogP contribution in [0.4, 0.5) is 16.3 Å². The molecule has 0 spiro atoms. The molecule has 7 heteroatoms. The molecule has 3 N–H and O–H groups in total. The minimum Gasteiger partial charge on any atom is -0.497 e. The van der Waals surface area contributed by atoms with Gasteiger partial charge < -0.3 is 19.8 Å². The molecule has 0 saturated carbocycles. The molecule has 0 aliphatic carbocycles. The number of anilines is 2. The molecule has 0 atom stereocenters. The summed E-state index contributed by atoms with van der Waals surface area (Å²) in [7, 11) is 1.61. The van der Waals surface area contributed by atoms with E-state index < -0.39 is 11.7 Å². The molecule has 0 aliphatic rings. The van der Waals surface area contributed by atoms with E-state index in [1.807, 2.05) is 24.3 Å². The fourth-order valence-corrected chi connectivity index (χ4v) is 1.89. The van der Waals surface area contributed by atoms with Crippen LogP contribution in [0, 0.1) is 0 Å². The summed E-state index contributed by atoms with van der Waals surface area (Å²) in [6.45, 7) is 2.48. The van der Waals surface area contributed by atoms with Crippen LogP contribution in [0.25, 0.3) is 0 Å². The van der Waals surface area contributed by atoms with Crippen molar-refractivity contribution >= 4 is 17.6 Å². The maximum absolute atomic E-state index is 11.9. The average Bonchev–Trinajstić information content (AvgIpc) is 2.56. The second kappa shape index (κ2) is 7.88. The number of carbonyl (C=O) groups is 1. The van der Waals surface area contributed by atoms with Gasteiger partial charge in [-0.25, -0.2) is 4.79 Å². The first-order valence-corrected chi connectivity index (χ1v) is 7.16. The number of methoxy groups -OCH3 is 1. The zero-order valence-corrected chi connectivity index (χ0v) is 13.0. The van der Waals surface area contributed by atoms with Gasteiger partial charge in [0.1, 0.15) is 17.3 Å². The maximum Gasteiger partial charge on any atom is 0.411 e. The molecule has 0 saturated heterocycles. The lowest BCUT2D eigenvalue weighted by molar-refractivity contribution is 0.168. The van der Waals surface area contributed by atoms with Crippen molar-refractivity contribution < 1.29 is 14.3 Å². The van der Waals surface area contributed by atoms with Gasteiger partial charge in [-0.1, -0.05) is 12.1 Å². The molecular weight excluding hydrogens is 298 g/mol. The minimum absolute atomic E-state index is 0.137. The zero-order chi connectivity index (χ0) is 16.7. The number of rotatable bonds is 6. The van der Waals surface area contributed by atoms with Crippen LogP contribution in [0.15, 0.2) is 41.2 Å². The number of aromatic nitrogens is 1. The predicted octanol–water partition coefficient (Wildman–Crippen LogP) is 2.56. The van der Waals surface area contributed by atoms with Crippen molar-refractivity contribution in [3.8, 4) is 5.75 Å². The van der Waals surface area contributed by atoms with E-state index in [0.29, 0.717) is 12.4 Å². The third-order valence-electron chi connectivity index (χ3n) is 3.06. The first-order valence-electron chi connectivity index (χ1n) is 7.16. The Hall–Kier alpha value is -2.96. The van der Waals surface area contributed by atoms with Crippen molar-refractivity contribution in [2.24, 2.45) is 0 Å². The second-order valence-electron chi connectivity index (χ2n) is 4.66. The molecule has 0 bridgehead atoms. The number of carbonyl (C=O) groups excluding carboxylic acids is 1. The van der Waals surface area contributed by atoms with E-state index in [9.17, 15) is 9.59 Å². The van der Waals surface area contributed by atoms with Crippen LogP contribution in [0.1, 0.15) is 12.5 Å². The minimum atomic E-state index is -0.656. The Morgan fingerprint density at radius 3 is 2.52 bits per heavy atom. The number of benzene rings is 1. The van der Waals surface area contributed by atoms with Crippen molar-refractivity contribution in [3.63, 3.8) is 0 Å². The van der Waals surface area contributed by atoms with Gasteiger partial charge >= 0.3 is 6.09 Å². The van der Waals surface area contributed by atoms with Gasteiger partial charge in [0.25, 0.3) is 5.56 Å². The van der Waals surface area contributed by atoms with Crippen LogP contribution in [0.3, 0.4) is 0 Å². The van der Waals surface area contributed by atoms with Gasteiger partial charge in [-0.2, -0.15) is 0 Å². The van der Waals surface area contributed by atoms with Crippen molar-refractivity contribution in [1.29, 1.82) is 0 Å². The molecule has 0 unspecified atom stereocenters. The van der Waals surface area contributed by atoms with Crippen molar-refractivity contribution in [2.45, 2.75) is 13.5 Å². The van der Waals surface area contributed by atoms with Crippen LogP contribution in [0.5, 0.6) is 5.75 Å². The number of H-pyrrole nitrogens is 1. The lowest BCUT2D eigenvalue weighted by Crippen LogP contribution is -2.21. The van der Waals surface area contributed by atoms with Crippen LogP contribution in [0.2, 0.25) is 0 Å². The molecule has 1 heterocycles. The number of aromatic amines is 1. The van der Waals surface area contributed by atoms with E-state index in [0.717, 1.165) is 11.3 Å². The van der Waals surface area contributed by atoms with Gasteiger partial charge in [0.05, 0.1) is 13.7 Å². The number of hydrogen-bond acceptors (Lipinski definition) is 5. The van der Waals surface area contributed by atoms with Crippen molar-refractivity contribution in [2.75, 3.05) is 24.4 Å². The molecule has 23 heavy (non-hydrogen) atoms. The summed E-state index contributed by atoms with van der Waals surface area (Å²) >= 11 is 0. The normalized spacial score (nSPS) is 10.0. The zero-order valence-electron chi connectivity index (χ0n) is 13.0. The van der Waals surface area contributed by atoms with E-state index in [1.54, 1.807) is 20.1 Å². The largest absolute Gasteiger partial charge is 0.497 e. The molecule has 0 radical (unpaired) electrons. The summed E-state index contributed by atoms with van der Waals surface area (Å²) in [5.41, 5.74) is 0.775. The fraction of sp³-hybridized carbons (Fsp3) is 0.250. The molecule has 2 aromatic rings. The number of amides is 1. The van der Waals surface area contributed by atoms with E-state index in [1.165, 1.54) is 6.07 Å². The van der Waals surface area contributed by atoms with Crippen molar-refractivity contribution in [1.82, 2.24) is 4.98 Å². The number of pyridine rings is 1. The number of nitrogens with one attached hydrogen (secondary N) is 3. The Labute approximate surface area is 133 Å². The maximum atomic E-state index is 11.9. The topological polar surface area (TPSA) is 92.4 Å². The summed E-state index contributed by atoms with van der Waals surface area (Å²) in [6.07, 6.45) is -0.656. The first-order chi connectivity index (χ1) is 11.1. The van der Waals surface area contributed by atoms with E-state index >= 15 is 0 Å². The summed E-state index contributed by atoms with van der Waals surface area (Å²) in [4.78, 5) is 25.8. The lowest BCUT2D eigenvalue weighted by Gasteiger charge is -2.09. The summed E-state index contributed by atoms with van der Waals surface area (Å²) in [5, 5.41) is 5.48. The quantitative estimate of drug-likeness (QED) is 0.761. The highest BCUT2D eigenvalue weighted by Gasteiger charge is 2.06. The van der Waals surface area contributed by atoms with Crippen LogP contribution in [-0.4, -0.2) is 24.8 Å². The van der Waals surface area contributed by atoms with Gasteiger partial charge in [-0.15, -0.1) is 0 Å². The molecular formula is C16H19N3O4. The first kappa shape index (κ1) is 16.4. The second-order valence-corrected chi connectivity index (χ2v) is 4.66. The summed E-state index contributed by atoms with van der Waals surface area (Å²) in [6, 6.07) is 10.8. The highest BCUT2D eigenvalue weighted by Crippen LogP contribution is 2.13. The molecule has 2 rings (SSSR count). The SMILES string of the molecule is CCOC(=O)Nc1ccc(NCc2ccc(OC)cc2)[nH]c1=O. The van der Waals surface area contributed by atoms with E-state index in [2.05, 4.69) is 15.6 Å². The van der Waals surface area contributed by atoms with Gasteiger partial charge in [0.15, 0.2) is 0 Å². The van der Waals surface area contributed by atoms with Gasteiger partial charge in [0.2, 0.25) is 0 Å². The average molecular weight is 317 g/mol. The third-order valence-corrected chi connectivity index (χ3v) is 3.06. The highest BCUT2D eigenvalue weighted by molar-refractivity contribution is 5.84. The Morgan fingerprint density at radius 2 is 1.91 bits per heavy atom. The van der Waals surface area contributed by atoms with Gasteiger partial charge in [-0.05, 0) is 36.8 Å². The Morgan fingerprint density at radius 1 is 1.17 bits per heavy atom. The molecule has 7 nitrogen and oxygen atoms in total. The highest BCUT2D eigenvalue weighted by atomic mass is 16.5. The van der Waals surface area contributed by atoms with Gasteiger partial charge in [0, 0.05) is 6.54 Å². The van der Waals surface area contributed by atoms with Crippen LogP contribution < -0.4 is 20.9 Å². The third kappa shape index (κ3) is 4.77. The molecule has 1 aromatic heterocycles. The standard InChI is InChI=1S/C16H19N3O4/c1-3-23-16(21)18-13-8-9-14(19-15(13)20)17-10-11-4-6-12(22-2)7-5-11/h4-9H,3,10H2,1-2H3,(H,18,21)(H2,17,19,20). The fourth-order valence-electron chi connectivity index (χ4n) is 1.89. The molecule has 1 aromatic carbocycles. The molecule has 0 aliphatic heterocycles. The smallest absolute Gasteiger partial charge is 0.411 e. The van der Waals surface area contributed by atoms with Crippen molar-refractivity contribution in [3.05, 3.63) is 52.3 Å². The van der Waals surface area contributed by atoms with Crippen LogP contribution in [-0.2, 0) is 11.3 Å². The molecule has 1 amide bonds. The number of ether oxygens (including phenoxy) is 2. The monoisotopic (exact) mass is 317 g/mol. The summed E-state index contributed by atoms with van der Waals surface area (Å²) < 4.78 is 9.82. The molecule has 122 valence electrons. The van der Waals surface area contributed by atoms with E-state index in [4.69, 9.17) is 9.47 Å². The Balaban J connectivity index is 1.97. The predicted molar refractivity (Wildman–Crippen MR) is 88.0 cm³/mol.